The Kier molecular flexibility index (Phi) is 2.56. The van der Waals surface area contributed by atoms with Crippen LogP contribution in [0.4, 0.5) is 5.69 Å². The highest BCUT2D eigenvalue weighted by Gasteiger charge is 2.34. The topological polar surface area (TPSA) is 33.3 Å². The third-order valence-corrected chi connectivity index (χ3v) is 4.06. The zero-order valence-electron chi connectivity index (χ0n) is 9.22. The van der Waals surface area contributed by atoms with Gasteiger partial charge in [0.05, 0.1) is 12.8 Å². The van der Waals surface area contributed by atoms with Crippen molar-refractivity contribution < 1.29 is 4.74 Å². The van der Waals surface area contributed by atoms with E-state index in [0.29, 0.717) is 11.8 Å². The maximum absolute atomic E-state index is 5.43. The molecule has 0 radical (unpaired) electrons. The van der Waals surface area contributed by atoms with Crippen LogP contribution in [-0.2, 0) is 0 Å². The van der Waals surface area contributed by atoms with Gasteiger partial charge in [0.1, 0.15) is 5.75 Å². The monoisotopic (exact) mass is 282 g/mol. The van der Waals surface area contributed by atoms with Gasteiger partial charge in [-0.15, -0.1) is 0 Å². The molecule has 2 aliphatic rings. The molecule has 2 atom stereocenters. The maximum atomic E-state index is 5.43. The average molecular weight is 283 g/mol. The fraction of sp³-hybridized carbons (Fsp3) is 0.500. The fourth-order valence-corrected chi connectivity index (χ4v) is 3.24. The summed E-state index contributed by atoms with van der Waals surface area (Å²) in [5.74, 6) is 2.28. The smallest absolute Gasteiger partial charge is 0.143 e. The number of rotatable bonds is 1. The minimum Gasteiger partial charge on any atom is -0.495 e. The van der Waals surface area contributed by atoms with Gasteiger partial charge in [-0.2, -0.15) is 0 Å². The molecule has 0 amide bonds. The second-order valence-electron chi connectivity index (χ2n) is 4.48. The van der Waals surface area contributed by atoms with Crippen LogP contribution in [-0.4, -0.2) is 26.7 Å². The third-order valence-electron chi connectivity index (χ3n) is 3.60. The number of benzene rings is 1. The predicted octanol–water partition coefficient (Wildman–Crippen LogP) is 2.19. The summed E-state index contributed by atoms with van der Waals surface area (Å²) >= 11 is 3.55. The van der Waals surface area contributed by atoms with Crippen molar-refractivity contribution in [2.75, 3.05) is 32.1 Å². The van der Waals surface area contributed by atoms with E-state index in [2.05, 4.69) is 32.6 Å². The zero-order chi connectivity index (χ0) is 11.1. The molecule has 1 aromatic carbocycles. The molecule has 0 aromatic heterocycles. The van der Waals surface area contributed by atoms with Crippen LogP contribution in [0.25, 0.3) is 0 Å². The average Bonchev–Trinajstić information content (AvgIpc) is 2.76. The van der Waals surface area contributed by atoms with E-state index >= 15 is 0 Å². The Morgan fingerprint density at radius 2 is 2.19 bits per heavy atom. The molecule has 1 fully saturated rings. The molecule has 0 aliphatic carbocycles. The summed E-state index contributed by atoms with van der Waals surface area (Å²) in [5.41, 5.74) is 2.56. The van der Waals surface area contributed by atoms with Gasteiger partial charge >= 0.3 is 0 Å². The first kappa shape index (κ1) is 10.4. The first-order chi connectivity index (χ1) is 7.79. The summed E-state index contributed by atoms with van der Waals surface area (Å²) in [6.07, 6.45) is 0. The van der Waals surface area contributed by atoms with Crippen LogP contribution in [0.2, 0.25) is 0 Å². The summed E-state index contributed by atoms with van der Waals surface area (Å²) in [6, 6.07) is 4.24. The number of hydrogen-bond donors (Lipinski definition) is 2. The molecular formula is C12H15BrN2O. The molecule has 1 saturated heterocycles. The van der Waals surface area contributed by atoms with E-state index in [9.17, 15) is 0 Å². The van der Waals surface area contributed by atoms with Crippen LogP contribution in [0.1, 0.15) is 11.5 Å². The van der Waals surface area contributed by atoms with Crippen molar-refractivity contribution in [1.29, 1.82) is 0 Å². The Bertz CT molecular complexity index is 422. The van der Waals surface area contributed by atoms with Crippen LogP contribution in [0.5, 0.6) is 5.75 Å². The normalized spacial score (nSPS) is 26.9. The van der Waals surface area contributed by atoms with Crippen LogP contribution < -0.4 is 15.4 Å². The predicted molar refractivity (Wildman–Crippen MR) is 68.3 cm³/mol. The molecule has 0 spiro atoms. The SMILES string of the molecule is COc1cc(Br)cc2c1NCC1CNCC21. The number of methoxy groups -OCH3 is 1. The summed E-state index contributed by atoms with van der Waals surface area (Å²) in [7, 11) is 1.72. The van der Waals surface area contributed by atoms with E-state index in [-0.39, 0.29) is 0 Å². The Labute approximate surface area is 104 Å². The van der Waals surface area contributed by atoms with Gasteiger partial charge in [0.15, 0.2) is 0 Å². The van der Waals surface area contributed by atoms with Crippen molar-refractivity contribution in [2.45, 2.75) is 5.92 Å². The number of fused-ring (bicyclic) bond motifs is 3. The van der Waals surface area contributed by atoms with Crippen molar-refractivity contribution >= 4 is 21.6 Å². The minimum absolute atomic E-state index is 0.627. The molecule has 86 valence electrons. The second-order valence-corrected chi connectivity index (χ2v) is 5.39. The summed E-state index contributed by atoms with van der Waals surface area (Å²) < 4.78 is 6.52. The molecular weight excluding hydrogens is 268 g/mol. The molecule has 3 rings (SSSR count). The van der Waals surface area contributed by atoms with Gasteiger partial charge in [0.2, 0.25) is 0 Å². The zero-order valence-corrected chi connectivity index (χ0v) is 10.8. The van der Waals surface area contributed by atoms with E-state index < -0.39 is 0 Å². The molecule has 1 aromatic rings. The second kappa shape index (κ2) is 3.93. The highest BCUT2D eigenvalue weighted by atomic mass is 79.9. The molecule has 4 heteroatoms. The summed E-state index contributed by atoms with van der Waals surface area (Å²) in [5, 5.41) is 6.96. The van der Waals surface area contributed by atoms with Crippen molar-refractivity contribution in [3.05, 3.63) is 22.2 Å². The highest BCUT2D eigenvalue weighted by Crippen LogP contribution is 2.43. The quantitative estimate of drug-likeness (QED) is 0.829. The molecule has 0 saturated carbocycles. The lowest BCUT2D eigenvalue weighted by atomic mass is 9.84. The molecule has 2 aliphatic heterocycles. The van der Waals surface area contributed by atoms with Crippen LogP contribution in [0, 0.1) is 5.92 Å². The van der Waals surface area contributed by atoms with E-state index in [1.54, 1.807) is 7.11 Å². The van der Waals surface area contributed by atoms with Gasteiger partial charge in [-0.1, -0.05) is 15.9 Å². The van der Waals surface area contributed by atoms with E-state index in [1.165, 1.54) is 11.3 Å². The van der Waals surface area contributed by atoms with E-state index in [1.807, 2.05) is 6.07 Å². The summed E-state index contributed by atoms with van der Waals surface area (Å²) in [4.78, 5) is 0. The van der Waals surface area contributed by atoms with Crippen molar-refractivity contribution in [3.63, 3.8) is 0 Å². The standard InChI is InChI=1S/C12H15BrN2O/c1-16-11-3-8(13)2-9-10-6-14-4-7(10)5-15-12(9)11/h2-3,7,10,14-15H,4-6H2,1H3. The molecule has 2 unspecified atom stereocenters. The third kappa shape index (κ3) is 1.52. The number of ether oxygens (including phenoxy) is 1. The van der Waals surface area contributed by atoms with Gasteiger partial charge in [0, 0.05) is 30.0 Å². The van der Waals surface area contributed by atoms with Crippen molar-refractivity contribution in [1.82, 2.24) is 5.32 Å². The van der Waals surface area contributed by atoms with Gasteiger partial charge in [-0.25, -0.2) is 0 Å². The lowest BCUT2D eigenvalue weighted by Crippen LogP contribution is -2.27. The van der Waals surface area contributed by atoms with E-state index in [4.69, 9.17) is 4.74 Å². The van der Waals surface area contributed by atoms with Gasteiger partial charge in [-0.05, 0) is 23.6 Å². The van der Waals surface area contributed by atoms with Gasteiger partial charge in [0.25, 0.3) is 0 Å². The number of hydrogen-bond acceptors (Lipinski definition) is 3. The first-order valence-corrected chi connectivity index (χ1v) is 6.41. The van der Waals surface area contributed by atoms with Gasteiger partial charge in [-0.3, -0.25) is 0 Å². The Morgan fingerprint density at radius 3 is 3.00 bits per heavy atom. The highest BCUT2D eigenvalue weighted by molar-refractivity contribution is 9.10. The Morgan fingerprint density at radius 1 is 1.31 bits per heavy atom. The van der Waals surface area contributed by atoms with Gasteiger partial charge < -0.3 is 15.4 Å². The Balaban J connectivity index is 2.11. The van der Waals surface area contributed by atoms with Crippen molar-refractivity contribution in [2.24, 2.45) is 5.92 Å². The Hall–Kier alpha value is -0.740. The fourth-order valence-electron chi connectivity index (χ4n) is 2.79. The lowest BCUT2D eigenvalue weighted by molar-refractivity contribution is 0.412. The molecule has 2 heterocycles. The van der Waals surface area contributed by atoms with Crippen molar-refractivity contribution in [3.8, 4) is 5.75 Å². The van der Waals surface area contributed by atoms with Crippen LogP contribution >= 0.6 is 15.9 Å². The molecule has 16 heavy (non-hydrogen) atoms. The lowest BCUT2D eigenvalue weighted by Gasteiger charge is -2.30. The minimum atomic E-state index is 0.627. The largest absolute Gasteiger partial charge is 0.495 e. The number of anilines is 1. The first-order valence-electron chi connectivity index (χ1n) is 5.61. The van der Waals surface area contributed by atoms with Crippen LogP contribution in [0.3, 0.4) is 0 Å². The summed E-state index contributed by atoms with van der Waals surface area (Å²) in [6.45, 7) is 3.24. The maximum Gasteiger partial charge on any atom is 0.143 e. The number of halogens is 1. The molecule has 2 N–H and O–H groups in total. The molecule has 3 nitrogen and oxygen atoms in total. The molecule has 0 bridgehead atoms. The van der Waals surface area contributed by atoms with Crippen LogP contribution in [0.15, 0.2) is 16.6 Å². The number of nitrogens with one attached hydrogen (secondary N) is 2. The van der Waals surface area contributed by atoms with E-state index in [0.717, 1.165) is 29.9 Å².